The molecule has 0 aliphatic carbocycles. The second-order valence-electron chi connectivity index (χ2n) is 2.31. The molecule has 0 aromatic carbocycles. The molecule has 0 fully saturated rings. The third kappa shape index (κ3) is 1.70. The van der Waals surface area contributed by atoms with E-state index in [4.69, 9.17) is 0 Å². The Kier molecular flexibility index (Phi) is 2.80. The van der Waals surface area contributed by atoms with E-state index in [1.54, 1.807) is 0 Å². The van der Waals surface area contributed by atoms with E-state index < -0.39 is 28.3 Å². The first-order valence-corrected chi connectivity index (χ1v) is 3.44. The van der Waals surface area contributed by atoms with Gasteiger partial charge in [-0.05, 0) is 16.0 Å². The van der Waals surface area contributed by atoms with Crippen LogP contribution in [-0.2, 0) is 0 Å². The topological polar surface area (TPSA) is 73.1 Å². The Hall–Kier alpha value is -1.92. The Labute approximate surface area is 76.5 Å². The molecule has 1 aromatic heterocycles. The van der Waals surface area contributed by atoms with E-state index in [0.717, 1.165) is 12.3 Å². The zero-order valence-corrected chi connectivity index (χ0v) is 6.68. The largest absolute Gasteiger partial charge is 0.373 e. The summed E-state index contributed by atoms with van der Waals surface area (Å²) in [5, 5.41) is 10.3. The van der Waals surface area contributed by atoms with Gasteiger partial charge < -0.3 is 10.1 Å². The monoisotopic (exact) mass is 202 g/mol. The van der Waals surface area contributed by atoms with Crippen LogP contribution in [0.2, 0.25) is 0 Å². The number of hydrogen-bond acceptors (Lipinski definition) is 4. The van der Waals surface area contributed by atoms with Crippen molar-refractivity contribution in [2.75, 3.05) is 0 Å². The Morgan fingerprint density at radius 3 is 2.64 bits per heavy atom. The van der Waals surface area contributed by atoms with Gasteiger partial charge in [-0.1, -0.05) is 0 Å². The highest BCUT2D eigenvalue weighted by Gasteiger charge is 2.26. The molecule has 74 valence electrons. The van der Waals surface area contributed by atoms with Crippen LogP contribution in [0.15, 0.2) is 12.3 Å². The number of pyridine rings is 1. The first-order valence-electron chi connectivity index (χ1n) is 3.44. The van der Waals surface area contributed by atoms with E-state index in [9.17, 15) is 23.7 Å². The van der Waals surface area contributed by atoms with Crippen LogP contribution in [-0.4, -0.2) is 16.2 Å². The molecule has 14 heavy (non-hydrogen) atoms. The predicted molar refractivity (Wildman–Crippen MR) is 41.2 cm³/mol. The predicted octanol–water partition coefficient (Wildman–Crippen LogP) is 1.74. The summed E-state index contributed by atoms with van der Waals surface area (Å²) in [5.74, 6) is -0.982. The fraction of sp³-hybridized carbons (Fsp3) is 0.143. The van der Waals surface area contributed by atoms with Crippen LogP contribution in [0.1, 0.15) is 22.3 Å². The van der Waals surface area contributed by atoms with Gasteiger partial charge in [0, 0.05) is 5.56 Å². The number of nitro groups is 1. The van der Waals surface area contributed by atoms with Gasteiger partial charge in [-0.25, -0.2) is 8.78 Å². The summed E-state index contributed by atoms with van der Waals surface area (Å²) in [5.41, 5.74) is -1.35. The lowest BCUT2D eigenvalue weighted by atomic mass is 10.1. The zero-order valence-electron chi connectivity index (χ0n) is 6.68. The summed E-state index contributed by atoms with van der Waals surface area (Å²) in [6, 6.07) is 1.00. The third-order valence-electron chi connectivity index (χ3n) is 1.52. The summed E-state index contributed by atoms with van der Waals surface area (Å²) in [4.78, 5) is 22.7. The molecular weight excluding hydrogens is 198 g/mol. The lowest BCUT2D eigenvalue weighted by Gasteiger charge is -2.02. The summed E-state index contributed by atoms with van der Waals surface area (Å²) < 4.78 is 24.7. The number of aldehydes is 1. The first kappa shape index (κ1) is 10.2. The molecule has 0 radical (unpaired) electrons. The van der Waals surface area contributed by atoms with Crippen molar-refractivity contribution in [2.45, 2.75) is 6.43 Å². The van der Waals surface area contributed by atoms with Gasteiger partial charge in [0.25, 0.3) is 6.43 Å². The molecule has 0 atom stereocenters. The van der Waals surface area contributed by atoms with E-state index in [-0.39, 0.29) is 6.29 Å². The van der Waals surface area contributed by atoms with E-state index in [1.807, 2.05) is 0 Å². The number of alkyl halides is 2. The molecule has 0 saturated heterocycles. The van der Waals surface area contributed by atoms with Gasteiger partial charge in [-0.3, -0.25) is 4.79 Å². The lowest BCUT2D eigenvalue weighted by Crippen LogP contribution is -2.02. The van der Waals surface area contributed by atoms with E-state index in [2.05, 4.69) is 4.98 Å². The van der Waals surface area contributed by atoms with Crippen molar-refractivity contribution in [3.63, 3.8) is 0 Å². The quantitative estimate of drug-likeness (QED) is 0.425. The number of carbonyl (C=O) groups excluding carboxylic acids is 1. The first-order chi connectivity index (χ1) is 6.57. The van der Waals surface area contributed by atoms with Crippen molar-refractivity contribution in [3.05, 3.63) is 33.5 Å². The average Bonchev–Trinajstić information content (AvgIpc) is 2.16. The molecular formula is C7H4F2N2O3. The molecule has 0 N–H and O–H groups in total. The minimum Gasteiger partial charge on any atom is -0.358 e. The van der Waals surface area contributed by atoms with E-state index >= 15 is 0 Å². The molecule has 0 bridgehead atoms. The van der Waals surface area contributed by atoms with Crippen molar-refractivity contribution in [2.24, 2.45) is 0 Å². The van der Waals surface area contributed by atoms with Crippen LogP contribution < -0.4 is 0 Å². The number of hydrogen-bond donors (Lipinski definition) is 0. The summed E-state index contributed by atoms with van der Waals surface area (Å²) in [6.45, 7) is 0. The molecule has 5 nitrogen and oxygen atoms in total. The zero-order chi connectivity index (χ0) is 10.7. The Balaban J connectivity index is 3.43. The number of carbonyl (C=O) groups is 1. The highest BCUT2D eigenvalue weighted by molar-refractivity contribution is 5.78. The molecule has 0 unspecified atom stereocenters. The summed E-state index contributed by atoms with van der Waals surface area (Å²) in [7, 11) is 0. The minimum atomic E-state index is -3.09. The maximum atomic E-state index is 12.3. The maximum Gasteiger partial charge on any atom is 0.373 e. The van der Waals surface area contributed by atoms with Crippen LogP contribution in [0, 0.1) is 10.1 Å². The molecule has 0 aliphatic rings. The second kappa shape index (κ2) is 3.86. The van der Waals surface area contributed by atoms with Crippen LogP contribution >= 0.6 is 0 Å². The number of rotatable bonds is 3. The smallest absolute Gasteiger partial charge is 0.358 e. The van der Waals surface area contributed by atoms with Crippen LogP contribution in [0.3, 0.4) is 0 Å². The molecule has 1 heterocycles. The fourth-order valence-electron chi connectivity index (χ4n) is 0.948. The van der Waals surface area contributed by atoms with E-state index in [1.165, 1.54) is 0 Å². The maximum absolute atomic E-state index is 12.3. The number of halogens is 2. The van der Waals surface area contributed by atoms with Gasteiger partial charge in [0.2, 0.25) is 0 Å². The van der Waals surface area contributed by atoms with Crippen molar-refractivity contribution in [1.82, 2.24) is 4.98 Å². The molecule has 0 amide bonds. The van der Waals surface area contributed by atoms with Crippen molar-refractivity contribution in [3.8, 4) is 0 Å². The van der Waals surface area contributed by atoms with Gasteiger partial charge >= 0.3 is 5.82 Å². The third-order valence-corrected chi connectivity index (χ3v) is 1.52. The van der Waals surface area contributed by atoms with Gasteiger partial charge in [0.1, 0.15) is 11.8 Å². The highest BCUT2D eigenvalue weighted by atomic mass is 19.3. The van der Waals surface area contributed by atoms with Crippen molar-refractivity contribution < 1.29 is 18.5 Å². The summed E-state index contributed by atoms with van der Waals surface area (Å²) in [6.07, 6.45) is -2.02. The van der Waals surface area contributed by atoms with Gasteiger partial charge in [0.15, 0.2) is 6.29 Å². The van der Waals surface area contributed by atoms with Crippen molar-refractivity contribution in [1.29, 1.82) is 0 Å². The molecule has 0 aliphatic heterocycles. The number of nitrogens with zero attached hydrogens (tertiary/aromatic N) is 2. The Bertz CT molecular complexity index is 381. The Morgan fingerprint density at radius 2 is 2.21 bits per heavy atom. The molecule has 1 rings (SSSR count). The summed E-state index contributed by atoms with van der Waals surface area (Å²) >= 11 is 0. The fourth-order valence-corrected chi connectivity index (χ4v) is 0.948. The van der Waals surface area contributed by atoms with Gasteiger partial charge in [0.05, 0.1) is 0 Å². The van der Waals surface area contributed by atoms with Crippen molar-refractivity contribution >= 4 is 12.1 Å². The molecule has 0 saturated carbocycles. The van der Waals surface area contributed by atoms with Gasteiger partial charge in [-0.15, -0.1) is 0 Å². The lowest BCUT2D eigenvalue weighted by molar-refractivity contribution is -0.391. The SMILES string of the molecule is O=Cc1ccnc([N+](=O)[O-])c1C(F)F. The average molecular weight is 202 g/mol. The molecule has 1 aromatic rings. The van der Waals surface area contributed by atoms with E-state index in [0.29, 0.717) is 0 Å². The second-order valence-corrected chi connectivity index (χ2v) is 2.31. The van der Waals surface area contributed by atoms with Gasteiger partial charge in [-0.2, -0.15) is 0 Å². The normalized spacial score (nSPS) is 10.2. The standard InChI is InChI=1S/C7H4F2N2O3/c8-6(9)5-4(3-12)1-2-10-7(5)11(13)14/h1-3,6H. The highest BCUT2D eigenvalue weighted by Crippen LogP contribution is 2.28. The van der Waals surface area contributed by atoms with Crippen LogP contribution in [0.4, 0.5) is 14.6 Å². The van der Waals surface area contributed by atoms with Crippen LogP contribution in [0.25, 0.3) is 0 Å². The molecule has 0 spiro atoms. The Morgan fingerprint density at radius 1 is 1.57 bits per heavy atom. The minimum absolute atomic E-state index is 0.135. The number of aromatic nitrogens is 1. The van der Waals surface area contributed by atoms with Crippen LogP contribution in [0.5, 0.6) is 0 Å². The molecule has 7 heteroatoms.